The van der Waals surface area contributed by atoms with Crippen LogP contribution in [0.15, 0.2) is 0 Å². The molecule has 0 spiro atoms. The van der Waals surface area contributed by atoms with Gasteiger partial charge in [0.25, 0.3) is 0 Å². The smallest absolute Gasteiger partial charge is 0.220 e. The first kappa shape index (κ1) is 14.4. The molecule has 90 valence electrons. The minimum atomic E-state index is 0.160. The highest BCUT2D eigenvalue weighted by molar-refractivity contribution is 5.75. The molecule has 0 bridgehead atoms. The number of nitrogens with one attached hydrogen (secondary N) is 1. The van der Waals surface area contributed by atoms with Crippen LogP contribution in [0.2, 0.25) is 0 Å². The van der Waals surface area contributed by atoms with Gasteiger partial charge in [-0.1, -0.05) is 13.8 Å². The van der Waals surface area contributed by atoms with Crippen molar-refractivity contribution in [1.82, 2.24) is 5.32 Å². The second-order valence-corrected chi connectivity index (χ2v) is 4.56. The van der Waals surface area contributed by atoms with Gasteiger partial charge in [0.1, 0.15) is 0 Å². The Morgan fingerprint density at radius 1 is 1.27 bits per heavy atom. The number of amides is 1. The second-order valence-electron chi connectivity index (χ2n) is 4.56. The van der Waals surface area contributed by atoms with E-state index in [4.69, 9.17) is 4.74 Å². The number of hydrogen-bond donors (Lipinski definition) is 1. The molecular weight excluding hydrogens is 190 g/mol. The van der Waals surface area contributed by atoms with Crippen LogP contribution in [0.4, 0.5) is 0 Å². The van der Waals surface area contributed by atoms with Crippen molar-refractivity contribution in [2.24, 2.45) is 5.92 Å². The molecule has 0 aliphatic carbocycles. The van der Waals surface area contributed by atoms with Crippen molar-refractivity contribution >= 4 is 5.91 Å². The lowest BCUT2D eigenvalue weighted by Crippen LogP contribution is -2.25. The predicted octanol–water partition coefficient (Wildman–Crippen LogP) is 2.35. The van der Waals surface area contributed by atoms with E-state index in [0.29, 0.717) is 12.3 Å². The van der Waals surface area contributed by atoms with E-state index in [-0.39, 0.29) is 12.0 Å². The van der Waals surface area contributed by atoms with Gasteiger partial charge in [0.2, 0.25) is 5.91 Å². The van der Waals surface area contributed by atoms with Crippen LogP contribution in [0, 0.1) is 5.92 Å². The van der Waals surface area contributed by atoms with Gasteiger partial charge in [-0.25, -0.2) is 0 Å². The molecule has 0 atom stereocenters. The van der Waals surface area contributed by atoms with E-state index >= 15 is 0 Å². The molecule has 0 saturated heterocycles. The molecule has 0 radical (unpaired) electrons. The summed E-state index contributed by atoms with van der Waals surface area (Å²) in [6.07, 6.45) is 2.78. The predicted molar refractivity (Wildman–Crippen MR) is 62.8 cm³/mol. The third-order valence-corrected chi connectivity index (χ3v) is 2.04. The fraction of sp³-hybridized carbons (Fsp3) is 0.917. The molecule has 0 fully saturated rings. The van der Waals surface area contributed by atoms with Gasteiger partial charge >= 0.3 is 0 Å². The van der Waals surface area contributed by atoms with Crippen LogP contribution in [0.1, 0.15) is 47.0 Å². The molecule has 0 heterocycles. The zero-order chi connectivity index (χ0) is 11.7. The van der Waals surface area contributed by atoms with Gasteiger partial charge in [-0.15, -0.1) is 0 Å². The Kier molecular flexibility index (Phi) is 8.38. The molecule has 0 aromatic heterocycles. The summed E-state index contributed by atoms with van der Waals surface area (Å²) in [4.78, 5) is 11.3. The van der Waals surface area contributed by atoms with Gasteiger partial charge in [0.05, 0.1) is 6.10 Å². The normalized spacial score (nSPS) is 11.1. The molecule has 0 aliphatic heterocycles. The minimum Gasteiger partial charge on any atom is -0.379 e. The van der Waals surface area contributed by atoms with Crippen LogP contribution < -0.4 is 5.32 Å². The van der Waals surface area contributed by atoms with E-state index in [1.165, 1.54) is 0 Å². The summed E-state index contributed by atoms with van der Waals surface area (Å²) in [6.45, 7) is 9.74. The summed E-state index contributed by atoms with van der Waals surface area (Å²) in [5.41, 5.74) is 0. The van der Waals surface area contributed by atoms with Crippen molar-refractivity contribution in [2.75, 3.05) is 13.2 Å². The molecule has 0 saturated carbocycles. The van der Waals surface area contributed by atoms with Crippen molar-refractivity contribution in [3.63, 3.8) is 0 Å². The van der Waals surface area contributed by atoms with Gasteiger partial charge < -0.3 is 10.1 Å². The molecular formula is C12H25NO2. The lowest BCUT2D eigenvalue weighted by Gasteiger charge is -2.08. The first-order valence-corrected chi connectivity index (χ1v) is 5.90. The van der Waals surface area contributed by atoms with Crippen molar-refractivity contribution in [2.45, 2.75) is 53.1 Å². The van der Waals surface area contributed by atoms with Gasteiger partial charge in [-0.05, 0) is 32.6 Å². The number of hydrogen-bond acceptors (Lipinski definition) is 2. The summed E-state index contributed by atoms with van der Waals surface area (Å²) < 4.78 is 5.37. The number of ether oxygens (including phenoxy) is 1. The maximum absolute atomic E-state index is 11.3. The molecule has 15 heavy (non-hydrogen) atoms. The average molecular weight is 215 g/mol. The monoisotopic (exact) mass is 215 g/mol. The highest BCUT2D eigenvalue weighted by Gasteiger charge is 2.02. The largest absolute Gasteiger partial charge is 0.379 e. The van der Waals surface area contributed by atoms with Crippen molar-refractivity contribution in [3.05, 3.63) is 0 Å². The van der Waals surface area contributed by atoms with E-state index in [1.54, 1.807) is 0 Å². The number of carbonyl (C=O) groups is 1. The highest BCUT2D eigenvalue weighted by atomic mass is 16.5. The molecule has 0 aromatic carbocycles. The van der Waals surface area contributed by atoms with E-state index in [1.807, 2.05) is 13.8 Å². The van der Waals surface area contributed by atoms with E-state index in [2.05, 4.69) is 19.2 Å². The van der Waals surface area contributed by atoms with Crippen LogP contribution in [-0.2, 0) is 9.53 Å². The summed E-state index contributed by atoms with van der Waals surface area (Å²) in [7, 11) is 0. The molecule has 1 amide bonds. The fourth-order valence-electron chi connectivity index (χ4n) is 1.13. The summed E-state index contributed by atoms with van der Waals surface area (Å²) in [6, 6.07) is 0. The molecule has 0 unspecified atom stereocenters. The summed E-state index contributed by atoms with van der Waals surface area (Å²) in [5, 5.41) is 2.89. The Balaban J connectivity index is 3.24. The molecule has 0 rings (SSSR count). The lowest BCUT2D eigenvalue weighted by atomic mass is 10.1. The van der Waals surface area contributed by atoms with Crippen molar-refractivity contribution in [3.8, 4) is 0 Å². The Bertz CT molecular complexity index is 167. The molecule has 0 aliphatic rings. The Hall–Kier alpha value is -0.570. The third-order valence-electron chi connectivity index (χ3n) is 2.04. The van der Waals surface area contributed by atoms with Crippen LogP contribution in [0.25, 0.3) is 0 Å². The topological polar surface area (TPSA) is 38.3 Å². The highest BCUT2D eigenvalue weighted by Crippen LogP contribution is 2.02. The number of rotatable bonds is 8. The van der Waals surface area contributed by atoms with Crippen LogP contribution >= 0.6 is 0 Å². The molecule has 3 heteroatoms. The van der Waals surface area contributed by atoms with Crippen LogP contribution in [-0.4, -0.2) is 25.2 Å². The zero-order valence-electron chi connectivity index (χ0n) is 10.5. The van der Waals surface area contributed by atoms with Crippen LogP contribution in [0.3, 0.4) is 0 Å². The molecule has 0 aromatic rings. The lowest BCUT2D eigenvalue weighted by molar-refractivity contribution is -0.121. The standard InChI is InChI=1S/C12H25NO2/c1-10(2)6-7-12(14)13-8-5-9-15-11(3)4/h10-11H,5-9H2,1-4H3,(H,13,14). The first-order valence-electron chi connectivity index (χ1n) is 5.90. The maximum Gasteiger partial charge on any atom is 0.220 e. The Morgan fingerprint density at radius 2 is 1.93 bits per heavy atom. The van der Waals surface area contributed by atoms with E-state index in [9.17, 15) is 4.79 Å². The number of carbonyl (C=O) groups excluding carboxylic acids is 1. The second kappa shape index (κ2) is 8.72. The van der Waals surface area contributed by atoms with Gasteiger partial charge in [0.15, 0.2) is 0 Å². The van der Waals surface area contributed by atoms with Gasteiger partial charge in [0, 0.05) is 19.6 Å². The van der Waals surface area contributed by atoms with Crippen molar-refractivity contribution in [1.29, 1.82) is 0 Å². The molecule has 3 nitrogen and oxygen atoms in total. The summed E-state index contributed by atoms with van der Waals surface area (Å²) in [5.74, 6) is 0.758. The Morgan fingerprint density at radius 3 is 2.47 bits per heavy atom. The summed E-state index contributed by atoms with van der Waals surface area (Å²) >= 11 is 0. The zero-order valence-corrected chi connectivity index (χ0v) is 10.5. The van der Waals surface area contributed by atoms with E-state index < -0.39 is 0 Å². The minimum absolute atomic E-state index is 0.160. The third kappa shape index (κ3) is 11.4. The quantitative estimate of drug-likeness (QED) is 0.631. The maximum atomic E-state index is 11.3. The fourth-order valence-corrected chi connectivity index (χ4v) is 1.13. The van der Waals surface area contributed by atoms with Gasteiger partial charge in [-0.2, -0.15) is 0 Å². The van der Waals surface area contributed by atoms with Gasteiger partial charge in [-0.3, -0.25) is 4.79 Å². The Labute approximate surface area is 93.6 Å². The van der Waals surface area contributed by atoms with E-state index in [0.717, 1.165) is 26.0 Å². The average Bonchev–Trinajstić information content (AvgIpc) is 2.13. The van der Waals surface area contributed by atoms with Crippen LogP contribution in [0.5, 0.6) is 0 Å². The first-order chi connectivity index (χ1) is 7.02. The SMILES string of the molecule is CC(C)CCC(=O)NCCCOC(C)C. The molecule has 1 N–H and O–H groups in total. The van der Waals surface area contributed by atoms with Crippen molar-refractivity contribution < 1.29 is 9.53 Å².